The Morgan fingerprint density at radius 3 is 2.75 bits per heavy atom. The van der Waals surface area contributed by atoms with Crippen LogP contribution in [-0.4, -0.2) is 35.4 Å². The molecule has 0 aliphatic carbocycles. The first-order valence-electron chi connectivity index (χ1n) is 4.87. The Kier molecular flexibility index (Phi) is 4.92. The van der Waals surface area contributed by atoms with Crippen molar-refractivity contribution in [3.8, 4) is 0 Å². The molecule has 16 heavy (non-hydrogen) atoms. The number of aliphatic hydroxyl groups is 2. The molecule has 0 aliphatic heterocycles. The van der Waals surface area contributed by atoms with Crippen LogP contribution in [0.1, 0.15) is 15.9 Å². The number of aliphatic hydroxyl groups excluding tert-OH is 2. The second-order valence-electron chi connectivity index (χ2n) is 3.56. The highest BCUT2D eigenvalue weighted by Gasteiger charge is 2.09. The summed E-state index contributed by atoms with van der Waals surface area (Å²) in [5.74, 6) is -0.267. The summed E-state index contributed by atoms with van der Waals surface area (Å²) in [6, 6.07) is 5.36. The molecule has 0 spiro atoms. The Morgan fingerprint density at radius 2 is 2.19 bits per heavy atom. The fraction of sp³-hybridized carbons (Fsp3) is 0.364. The number of aryl methyl sites for hydroxylation is 1. The summed E-state index contributed by atoms with van der Waals surface area (Å²) in [6.07, 6.45) is -0.919. The SMILES string of the molecule is Cc1cc(Br)cc(C(=O)NCC(O)CO)c1. The molecule has 0 saturated heterocycles. The van der Waals surface area contributed by atoms with E-state index >= 15 is 0 Å². The Hall–Kier alpha value is -0.910. The lowest BCUT2D eigenvalue weighted by Crippen LogP contribution is -2.33. The highest BCUT2D eigenvalue weighted by molar-refractivity contribution is 9.10. The average Bonchev–Trinajstić information content (AvgIpc) is 2.23. The molecule has 5 heteroatoms. The summed E-state index contributed by atoms with van der Waals surface area (Å²) in [4.78, 5) is 11.6. The lowest BCUT2D eigenvalue weighted by molar-refractivity contribution is 0.0802. The first-order valence-corrected chi connectivity index (χ1v) is 5.66. The molecule has 3 N–H and O–H groups in total. The molecule has 0 heterocycles. The third-order valence-corrected chi connectivity index (χ3v) is 2.47. The van der Waals surface area contributed by atoms with Crippen LogP contribution in [0.25, 0.3) is 0 Å². The van der Waals surface area contributed by atoms with E-state index in [1.807, 2.05) is 13.0 Å². The Labute approximate surface area is 102 Å². The van der Waals surface area contributed by atoms with Gasteiger partial charge in [-0.25, -0.2) is 0 Å². The van der Waals surface area contributed by atoms with E-state index in [4.69, 9.17) is 10.2 Å². The topological polar surface area (TPSA) is 69.6 Å². The van der Waals surface area contributed by atoms with E-state index in [9.17, 15) is 4.79 Å². The van der Waals surface area contributed by atoms with Crippen LogP contribution in [-0.2, 0) is 0 Å². The summed E-state index contributed by atoms with van der Waals surface area (Å²) >= 11 is 3.31. The van der Waals surface area contributed by atoms with Gasteiger partial charge in [0.15, 0.2) is 0 Å². The van der Waals surface area contributed by atoms with Crippen molar-refractivity contribution in [3.05, 3.63) is 33.8 Å². The van der Waals surface area contributed by atoms with Crippen molar-refractivity contribution >= 4 is 21.8 Å². The predicted molar refractivity (Wildman–Crippen MR) is 64.3 cm³/mol. The summed E-state index contributed by atoms with van der Waals surface area (Å²) in [5, 5.41) is 20.2. The number of nitrogens with one attached hydrogen (secondary N) is 1. The fourth-order valence-corrected chi connectivity index (χ4v) is 1.85. The molecular formula is C11H14BrNO3. The van der Waals surface area contributed by atoms with Gasteiger partial charge in [0.25, 0.3) is 5.91 Å². The minimum atomic E-state index is -0.919. The van der Waals surface area contributed by atoms with Gasteiger partial charge in [0, 0.05) is 16.6 Å². The summed E-state index contributed by atoms with van der Waals surface area (Å²) in [5.41, 5.74) is 1.50. The third kappa shape index (κ3) is 3.92. The summed E-state index contributed by atoms with van der Waals surface area (Å²) < 4.78 is 0.834. The van der Waals surface area contributed by atoms with Crippen molar-refractivity contribution in [1.29, 1.82) is 0 Å². The van der Waals surface area contributed by atoms with Gasteiger partial charge in [-0.15, -0.1) is 0 Å². The van der Waals surface area contributed by atoms with Gasteiger partial charge in [-0.3, -0.25) is 4.79 Å². The van der Waals surface area contributed by atoms with E-state index < -0.39 is 6.10 Å². The van der Waals surface area contributed by atoms with Crippen molar-refractivity contribution in [2.75, 3.05) is 13.2 Å². The third-order valence-electron chi connectivity index (χ3n) is 2.01. The lowest BCUT2D eigenvalue weighted by Gasteiger charge is -2.09. The van der Waals surface area contributed by atoms with Gasteiger partial charge in [-0.2, -0.15) is 0 Å². The van der Waals surface area contributed by atoms with Gasteiger partial charge < -0.3 is 15.5 Å². The molecule has 4 nitrogen and oxygen atoms in total. The van der Waals surface area contributed by atoms with Crippen LogP contribution in [0, 0.1) is 6.92 Å². The molecule has 0 fully saturated rings. The van der Waals surface area contributed by atoms with Crippen molar-refractivity contribution in [3.63, 3.8) is 0 Å². The molecule has 88 valence electrons. The highest BCUT2D eigenvalue weighted by atomic mass is 79.9. The second-order valence-corrected chi connectivity index (χ2v) is 4.48. The van der Waals surface area contributed by atoms with Crippen LogP contribution in [0.15, 0.2) is 22.7 Å². The Morgan fingerprint density at radius 1 is 1.50 bits per heavy atom. The number of rotatable bonds is 4. The van der Waals surface area contributed by atoms with E-state index in [1.54, 1.807) is 12.1 Å². The van der Waals surface area contributed by atoms with E-state index in [0.29, 0.717) is 5.56 Å². The number of hydrogen-bond acceptors (Lipinski definition) is 3. The molecule has 1 unspecified atom stereocenters. The second kappa shape index (κ2) is 5.98. The zero-order valence-corrected chi connectivity index (χ0v) is 10.5. The molecular weight excluding hydrogens is 274 g/mol. The van der Waals surface area contributed by atoms with Gasteiger partial charge in [0.2, 0.25) is 0 Å². The quantitative estimate of drug-likeness (QED) is 0.769. The molecule has 1 rings (SSSR count). The number of benzene rings is 1. The number of amides is 1. The van der Waals surface area contributed by atoms with E-state index in [2.05, 4.69) is 21.2 Å². The van der Waals surface area contributed by atoms with Crippen molar-refractivity contribution in [1.82, 2.24) is 5.32 Å². The molecule has 0 bridgehead atoms. The summed E-state index contributed by atoms with van der Waals surface area (Å²) in [7, 11) is 0. The minimum absolute atomic E-state index is 0.0426. The van der Waals surface area contributed by atoms with Crippen molar-refractivity contribution in [2.45, 2.75) is 13.0 Å². The zero-order valence-electron chi connectivity index (χ0n) is 8.90. The van der Waals surface area contributed by atoms with Gasteiger partial charge in [0.05, 0.1) is 12.7 Å². The fourth-order valence-electron chi connectivity index (χ4n) is 1.24. The van der Waals surface area contributed by atoms with Crippen molar-refractivity contribution < 1.29 is 15.0 Å². The van der Waals surface area contributed by atoms with Gasteiger partial charge in [-0.1, -0.05) is 15.9 Å². The van der Waals surface area contributed by atoms with Crippen LogP contribution in [0.3, 0.4) is 0 Å². The summed E-state index contributed by atoms with van der Waals surface area (Å²) in [6.45, 7) is 1.57. The molecule has 0 radical (unpaired) electrons. The standard InChI is InChI=1S/C11H14BrNO3/c1-7-2-8(4-9(12)3-7)11(16)13-5-10(15)6-14/h2-4,10,14-15H,5-6H2,1H3,(H,13,16). The molecule has 1 aromatic carbocycles. The normalized spacial score (nSPS) is 12.2. The first-order chi connectivity index (χ1) is 7.52. The molecule has 1 aromatic rings. The van der Waals surface area contributed by atoms with Crippen LogP contribution in [0.5, 0.6) is 0 Å². The van der Waals surface area contributed by atoms with Gasteiger partial charge in [-0.05, 0) is 30.7 Å². The predicted octanol–water partition coefficient (Wildman–Crippen LogP) is 0.841. The molecule has 0 saturated carbocycles. The van der Waals surface area contributed by atoms with E-state index in [-0.39, 0.29) is 19.1 Å². The number of hydrogen-bond donors (Lipinski definition) is 3. The molecule has 1 amide bonds. The van der Waals surface area contributed by atoms with Crippen LogP contribution in [0.2, 0.25) is 0 Å². The van der Waals surface area contributed by atoms with Crippen molar-refractivity contribution in [2.24, 2.45) is 0 Å². The van der Waals surface area contributed by atoms with Crippen LogP contribution < -0.4 is 5.32 Å². The molecule has 0 aromatic heterocycles. The molecule has 0 aliphatic rings. The maximum Gasteiger partial charge on any atom is 0.251 e. The van der Waals surface area contributed by atoms with Gasteiger partial charge >= 0.3 is 0 Å². The van der Waals surface area contributed by atoms with Gasteiger partial charge in [0.1, 0.15) is 0 Å². The smallest absolute Gasteiger partial charge is 0.251 e. The lowest BCUT2D eigenvalue weighted by atomic mass is 10.1. The minimum Gasteiger partial charge on any atom is -0.394 e. The number of carbonyl (C=O) groups excluding carboxylic acids is 1. The Bertz CT molecular complexity index is 361. The maximum atomic E-state index is 11.6. The number of carbonyl (C=O) groups is 1. The molecule has 1 atom stereocenters. The van der Waals surface area contributed by atoms with Crippen LogP contribution in [0.4, 0.5) is 0 Å². The van der Waals surface area contributed by atoms with Crippen LogP contribution >= 0.6 is 15.9 Å². The average molecular weight is 288 g/mol. The highest BCUT2D eigenvalue weighted by Crippen LogP contribution is 2.15. The largest absolute Gasteiger partial charge is 0.394 e. The first kappa shape index (κ1) is 13.2. The van der Waals surface area contributed by atoms with E-state index in [0.717, 1.165) is 10.0 Å². The monoisotopic (exact) mass is 287 g/mol. The maximum absolute atomic E-state index is 11.6. The number of halogens is 1. The van der Waals surface area contributed by atoms with E-state index in [1.165, 1.54) is 0 Å². The Balaban J connectivity index is 2.66. The zero-order chi connectivity index (χ0) is 12.1.